The molecule has 0 bridgehead atoms. The molecule has 0 saturated carbocycles. The monoisotopic (exact) mass is 309 g/mol. The van der Waals surface area contributed by atoms with Gasteiger partial charge in [0, 0.05) is 28.4 Å². The molecule has 0 atom stereocenters. The molecule has 22 heavy (non-hydrogen) atoms. The van der Waals surface area contributed by atoms with E-state index in [1.54, 1.807) is 17.4 Å². The number of benzene rings is 1. The number of nitrogens with zero attached hydrogens (tertiary/aromatic N) is 3. The minimum Gasteiger partial charge on any atom is -0.372 e. The van der Waals surface area contributed by atoms with Crippen molar-refractivity contribution in [1.82, 2.24) is 0 Å². The molecule has 0 aliphatic heterocycles. The van der Waals surface area contributed by atoms with Gasteiger partial charge in [0.25, 0.3) is 5.70 Å². The first kappa shape index (κ1) is 16.1. The highest BCUT2D eigenvalue weighted by molar-refractivity contribution is 7.19. The maximum atomic E-state index is 8.86. The molecule has 0 fully saturated rings. The predicted octanol–water partition coefficient (Wildman–Crippen LogP) is 5.31. The van der Waals surface area contributed by atoms with Crippen molar-refractivity contribution in [3.8, 4) is 6.07 Å². The van der Waals surface area contributed by atoms with Gasteiger partial charge in [-0.05, 0) is 42.5 Å². The fraction of sp³-hybridized carbons (Fsp3) is 0.333. The molecule has 0 radical (unpaired) electrons. The summed E-state index contributed by atoms with van der Waals surface area (Å²) in [5, 5.41) is 10.0. The predicted molar refractivity (Wildman–Crippen MR) is 94.8 cm³/mol. The lowest BCUT2D eigenvalue weighted by Gasteiger charge is -2.23. The largest absolute Gasteiger partial charge is 0.372 e. The van der Waals surface area contributed by atoms with E-state index in [1.165, 1.54) is 10.4 Å². The Bertz CT molecular complexity index is 737. The van der Waals surface area contributed by atoms with Gasteiger partial charge in [-0.15, -0.1) is 11.3 Å². The van der Waals surface area contributed by atoms with Gasteiger partial charge in [0.1, 0.15) is 0 Å². The maximum Gasteiger partial charge on any atom is 0.263 e. The Morgan fingerprint density at radius 1 is 1.32 bits per heavy atom. The molecule has 112 valence electrons. The number of rotatable bonds is 6. The van der Waals surface area contributed by atoms with E-state index in [0.29, 0.717) is 0 Å². The Balaban J connectivity index is 2.37. The van der Waals surface area contributed by atoms with E-state index in [9.17, 15) is 0 Å². The van der Waals surface area contributed by atoms with E-state index in [1.807, 2.05) is 12.1 Å². The molecule has 2 rings (SSSR count). The average molecular weight is 309 g/mol. The summed E-state index contributed by atoms with van der Waals surface area (Å²) >= 11 is 1.63. The highest BCUT2D eigenvalue weighted by atomic mass is 32.1. The molecule has 2 aromatic rings. The quantitative estimate of drug-likeness (QED) is 0.535. The third kappa shape index (κ3) is 3.67. The van der Waals surface area contributed by atoms with E-state index in [0.717, 1.165) is 36.2 Å². The number of hydrogen-bond acceptors (Lipinski definition) is 3. The van der Waals surface area contributed by atoms with Crippen LogP contribution in [-0.2, 0) is 0 Å². The third-order valence-electron chi connectivity index (χ3n) is 3.39. The Morgan fingerprint density at radius 2 is 2.05 bits per heavy atom. The number of nitriles is 1. The first-order valence-corrected chi connectivity index (χ1v) is 8.31. The van der Waals surface area contributed by atoms with Crippen molar-refractivity contribution in [2.24, 2.45) is 0 Å². The van der Waals surface area contributed by atoms with Gasteiger partial charge in [0.15, 0.2) is 0 Å². The first-order valence-electron chi connectivity index (χ1n) is 7.49. The number of fused-ring (bicyclic) bond motifs is 1. The van der Waals surface area contributed by atoms with E-state index in [2.05, 4.69) is 41.8 Å². The molecule has 0 unspecified atom stereocenters. The molecule has 0 aliphatic carbocycles. The van der Waals surface area contributed by atoms with Gasteiger partial charge in [-0.2, -0.15) is 0 Å². The summed E-state index contributed by atoms with van der Waals surface area (Å²) in [5.41, 5.74) is 1.38. The van der Waals surface area contributed by atoms with Crippen LogP contribution < -0.4 is 4.90 Å². The second kappa shape index (κ2) is 7.64. The van der Waals surface area contributed by atoms with Crippen LogP contribution in [-0.4, -0.2) is 13.1 Å². The summed E-state index contributed by atoms with van der Waals surface area (Å²) in [6, 6.07) is 10.5. The normalized spacial score (nSPS) is 11.2. The van der Waals surface area contributed by atoms with Crippen molar-refractivity contribution in [3.63, 3.8) is 0 Å². The molecule has 4 heteroatoms. The Morgan fingerprint density at radius 3 is 2.64 bits per heavy atom. The molecule has 0 saturated heterocycles. The van der Waals surface area contributed by atoms with E-state index in [4.69, 9.17) is 11.8 Å². The minimum absolute atomic E-state index is 0.130. The lowest BCUT2D eigenvalue weighted by atomic mass is 10.2. The van der Waals surface area contributed by atoms with Crippen LogP contribution in [0, 0.1) is 17.9 Å². The number of anilines is 1. The van der Waals surface area contributed by atoms with Crippen LogP contribution >= 0.6 is 11.3 Å². The summed E-state index contributed by atoms with van der Waals surface area (Å²) < 4.78 is 1.20. The van der Waals surface area contributed by atoms with Gasteiger partial charge in [-0.1, -0.05) is 19.9 Å². The molecule has 1 heterocycles. The van der Waals surface area contributed by atoms with Crippen molar-refractivity contribution in [2.75, 3.05) is 18.0 Å². The molecule has 1 aromatic heterocycles. The summed E-state index contributed by atoms with van der Waals surface area (Å²) in [4.78, 5) is 6.58. The fourth-order valence-corrected chi connectivity index (χ4v) is 3.48. The zero-order chi connectivity index (χ0) is 15.9. The summed E-state index contributed by atoms with van der Waals surface area (Å²) in [6.45, 7) is 13.5. The van der Waals surface area contributed by atoms with Crippen LogP contribution in [0.3, 0.4) is 0 Å². The van der Waals surface area contributed by atoms with Crippen LogP contribution in [0.5, 0.6) is 0 Å². The van der Waals surface area contributed by atoms with Gasteiger partial charge in [-0.3, -0.25) is 0 Å². The third-order valence-corrected chi connectivity index (χ3v) is 4.43. The molecule has 0 N–H and O–H groups in total. The van der Waals surface area contributed by atoms with Crippen molar-refractivity contribution < 1.29 is 0 Å². The number of thiophene rings is 1. The lowest BCUT2D eigenvalue weighted by Crippen LogP contribution is -2.24. The topological polar surface area (TPSA) is 31.4 Å². The zero-order valence-corrected chi connectivity index (χ0v) is 13.8. The van der Waals surface area contributed by atoms with Crippen LogP contribution in [0.1, 0.15) is 31.6 Å². The van der Waals surface area contributed by atoms with Crippen molar-refractivity contribution in [1.29, 1.82) is 5.26 Å². The van der Waals surface area contributed by atoms with Crippen LogP contribution in [0.15, 0.2) is 30.0 Å². The van der Waals surface area contributed by atoms with Gasteiger partial charge in [0.2, 0.25) is 0 Å². The Labute approximate surface area is 135 Å². The highest BCUT2D eigenvalue weighted by Gasteiger charge is 2.07. The van der Waals surface area contributed by atoms with E-state index >= 15 is 0 Å². The smallest absolute Gasteiger partial charge is 0.263 e. The van der Waals surface area contributed by atoms with Gasteiger partial charge in [-0.25, -0.2) is 10.1 Å². The Kier molecular flexibility index (Phi) is 5.58. The van der Waals surface area contributed by atoms with Gasteiger partial charge in [0.05, 0.1) is 12.6 Å². The van der Waals surface area contributed by atoms with E-state index < -0.39 is 0 Å². The summed E-state index contributed by atoms with van der Waals surface area (Å²) in [6.07, 6.45) is 3.92. The molecule has 0 spiro atoms. The van der Waals surface area contributed by atoms with Crippen molar-refractivity contribution in [2.45, 2.75) is 26.7 Å². The molecule has 0 amide bonds. The highest BCUT2D eigenvalue weighted by Crippen LogP contribution is 2.31. The summed E-state index contributed by atoms with van der Waals surface area (Å²) in [5.74, 6) is 0. The molecule has 0 aliphatic rings. The van der Waals surface area contributed by atoms with E-state index in [-0.39, 0.29) is 5.70 Å². The molecular weight excluding hydrogens is 290 g/mol. The average Bonchev–Trinajstić information content (AvgIpc) is 2.93. The van der Waals surface area contributed by atoms with Gasteiger partial charge < -0.3 is 4.90 Å². The second-order valence-electron chi connectivity index (χ2n) is 5.11. The Hall–Kier alpha value is -2.30. The molecular formula is C18H19N3S. The molecule has 1 aromatic carbocycles. The number of hydrogen-bond donors (Lipinski definition) is 0. The lowest BCUT2D eigenvalue weighted by molar-refractivity contribution is 0.745. The first-order chi connectivity index (χ1) is 10.7. The zero-order valence-electron chi connectivity index (χ0n) is 13.0. The van der Waals surface area contributed by atoms with Crippen LogP contribution in [0.4, 0.5) is 5.69 Å². The van der Waals surface area contributed by atoms with Crippen LogP contribution in [0.2, 0.25) is 0 Å². The fourth-order valence-electron chi connectivity index (χ4n) is 2.44. The standard InChI is InChI=1S/C18H19N3S/c1-4-8-21(9-5-2)16-7-6-14-10-17(22-18(14)12-16)11-15(13-19)20-3/h6-7,10-12H,4-5,8-9H2,1-2H3/b15-11-. The molecule has 3 nitrogen and oxygen atoms in total. The van der Waals surface area contributed by atoms with Gasteiger partial charge >= 0.3 is 0 Å². The SMILES string of the molecule is [C-]#[N+]/C(C#N)=C\c1cc2ccc(N(CCC)CCC)cc2s1. The second-order valence-corrected chi connectivity index (χ2v) is 6.23. The maximum absolute atomic E-state index is 8.86. The van der Waals surface area contributed by atoms with Crippen molar-refractivity contribution >= 4 is 33.2 Å². The summed E-state index contributed by atoms with van der Waals surface area (Å²) in [7, 11) is 0. The minimum atomic E-state index is 0.130. The van der Waals surface area contributed by atoms with Crippen LogP contribution in [0.25, 0.3) is 21.0 Å². The van der Waals surface area contributed by atoms with Crippen molar-refractivity contribution in [3.05, 3.63) is 46.3 Å². The number of allylic oxidation sites excluding steroid dienone is 1.